The first kappa shape index (κ1) is 11.5. The molecule has 0 atom stereocenters. The molecule has 0 heterocycles. The van der Waals surface area contributed by atoms with E-state index in [0.29, 0.717) is 6.61 Å². The van der Waals surface area contributed by atoms with Crippen LogP contribution in [0, 0.1) is 0 Å². The van der Waals surface area contributed by atoms with E-state index in [2.05, 4.69) is 5.32 Å². The highest BCUT2D eigenvalue weighted by Gasteiger charge is 1.97. The van der Waals surface area contributed by atoms with Crippen molar-refractivity contribution in [2.75, 3.05) is 13.7 Å². The van der Waals surface area contributed by atoms with Crippen molar-refractivity contribution in [1.29, 1.82) is 0 Å². The van der Waals surface area contributed by atoms with E-state index in [4.69, 9.17) is 10.5 Å². The van der Waals surface area contributed by atoms with Crippen molar-refractivity contribution in [3.63, 3.8) is 0 Å². The van der Waals surface area contributed by atoms with E-state index >= 15 is 0 Å². The van der Waals surface area contributed by atoms with Crippen LogP contribution in [0.4, 0.5) is 0 Å². The highest BCUT2D eigenvalue weighted by molar-refractivity contribution is 5.73. The summed E-state index contributed by atoms with van der Waals surface area (Å²) in [7, 11) is 1.90. The van der Waals surface area contributed by atoms with Crippen molar-refractivity contribution in [1.82, 2.24) is 5.32 Å². The maximum atomic E-state index is 10.5. The van der Waals surface area contributed by atoms with E-state index in [1.54, 1.807) is 0 Å². The number of amides is 1. The van der Waals surface area contributed by atoms with Gasteiger partial charge in [-0.2, -0.15) is 0 Å². The Labute approximate surface area is 89.4 Å². The summed E-state index contributed by atoms with van der Waals surface area (Å²) >= 11 is 0. The molecule has 1 aromatic carbocycles. The molecule has 0 spiro atoms. The van der Waals surface area contributed by atoms with Crippen molar-refractivity contribution >= 4 is 5.91 Å². The van der Waals surface area contributed by atoms with Gasteiger partial charge in [0.2, 0.25) is 5.91 Å². The Kier molecular flexibility index (Phi) is 4.63. The van der Waals surface area contributed by atoms with Crippen molar-refractivity contribution in [3.8, 4) is 5.75 Å². The molecule has 4 heteroatoms. The third-order valence-corrected chi connectivity index (χ3v) is 1.92. The van der Waals surface area contributed by atoms with Crippen LogP contribution in [0.2, 0.25) is 0 Å². The Morgan fingerprint density at radius 3 is 2.60 bits per heavy atom. The van der Waals surface area contributed by atoms with Gasteiger partial charge in [0.15, 0.2) is 0 Å². The molecule has 1 aromatic rings. The summed E-state index contributed by atoms with van der Waals surface area (Å²) in [5.74, 6) is 0.415. The molecular formula is C11H16N2O2. The minimum absolute atomic E-state index is 0.248. The Bertz CT molecular complexity index is 309. The second kappa shape index (κ2) is 6.03. The molecule has 0 bridgehead atoms. The number of nitrogens with two attached hydrogens (primary N) is 1. The lowest BCUT2D eigenvalue weighted by Crippen LogP contribution is -2.14. The molecule has 0 aromatic heterocycles. The highest BCUT2D eigenvalue weighted by Crippen LogP contribution is 2.12. The van der Waals surface area contributed by atoms with Gasteiger partial charge in [-0.3, -0.25) is 4.79 Å². The molecule has 3 N–H and O–H groups in total. The average molecular weight is 208 g/mol. The van der Waals surface area contributed by atoms with E-state index in [-0.39, 0.29) is 12.3 Å². The number of benzene rings is 1. The number of hydrogen-bond acceptors (Lipinski definition) is 3. The number of rotatable bonds is 6. The molecule has 0 aliphatic rings. The molecule has 1 rings (SSSR count). The zero-order valence-corrected chi connectivity index (χ0v) is 8.82. The standard InChI is InChI=1S/C11H16N2O2/c1-13-8-9-2-4-10(5-3-9)15-7-6-11(12)14/h2-5,13H,6-8H2,1H3,(H2,12,14). The third-order valence-electron chi connectivity index (χ3n) is 1.92. The van der Waals surface area contributed by atoms with E-state index in [1.807, 2.05) is 31.3 Å². The SMILES string of the molecule is CNCc1ccc(OCCC(N)=O)cc1. The number of hydrogen-bond donors (Lipinski definition) is 2. The van der Waals surface area contributed by atoms with Gasteiger partial charge < -0.3 is 15.8 Å². The molecule has 0 saturated carbocycles. The quantitative estimate of drug-likeness (QED) is 0.721. The van der Waals surface area contributed by atoms with Crippen molar-refractivity contribution in [2.45, 2.75) is 13.0 Å². The first-order valence-electron chi connectivity index (χ1n) is 4.87. The van der Waals surface area contributed by atoms with Gasteiger partial charge in [0.05, 0.1) is 13.0 Å². The smallest absolute Gasteiger partial charge is 0.220 e. The molecule has 4 nitrogen and oxygen atoms in total. The van der Waals surface area contributed by atoms with Gasteiger partial charge in [-0.05, 0) is 24.7 Å². The Balaban J connectivity index is 2.39. The number of primary amides is 1. The molecule has 0 fully saturated rings. The largest absolute Gasteiger partial charge is 0.493 e. The van der Waals surface area contributed by atoms with Crippen LogP contribution < -0.4 is 15.8 Å². The Morgan fingerprint density at radius 1 is 1.40 bits per heavy atom. The molecule has 0 radical (unpaired) electrons. The van der Waals surface area contributed by atoms with Gasteiger partial charge in [0.25, 0.3) is 0 Å². The number of carbonyl (C=O) groups excluding carboxylic acids is 1. The highest BCUT2D eigenvalue weighted by atomic mass is 16.5. The fourth-order valence-corrected chi connectivity index (χ4v) is 1.18. The lowest BCUT2D eigenvalue weighted by atomic mass is 10.2. The second-order valence-electron chi connectivity index (χ2n) is 3.24. The summed E-state index contributed by atoms with van der Waals surface area (Å²) in [5.41, 5.74) is 6.19. The van der Waals surface area contributed by atoms with Gasteiger partial charge in [-0.1, -0.05) is 12.1 Å². The van der Waals surface area contributed by atoms with Crippen LogP contribution in [0.1, 0.15) is 12.0 Å². The molecule has 1 amide bonds. The number of ether oxygens (including phenoxy) is 1. The topological polar surface area (TPSA) is 64.3 Å². The lowest BCUT2D eigenvalue weighted by Gasteiger charge is -2.05. The Morgan fingerprint density at radius 2 is 2.07 bits per heavy atom. The first-order valence-corrected chi connectivity index (χ1v) is 4.87. The Hall–Kier alpha value is -1.55. The van der Waals surface area contributed by atoms with E-state index in [9.17, 15) is 4.79 Å². The van der Waals surface area contributed by atoms with Crippen LogP contribution in [0.3, 0.4) is 0 Å². The molecular weight excluding hydrogens is 192 g/mol. The van der Waals surface area contributed by atoms with Gasteiger partial charge in [0, 0.05) is 6.54 Å². The van der Waals surface area contributed by atoms with Crippen LogP contribution in [-0.2, 0) is 11.3 Å². The molecule has 0 aliphatic carbocycles. The van der Waals surface area contributed by atoms with Crippen LogP contribution >= 0.6 is 0 Å². The maximum Gasteiger partial charge on any atom is 0.220 e. The monoisotopic (exact) mass is 208 g/mol. The second-order valence-corrected chi connectivity index (χ2v) is 3.24. The summed E-state index contributed by atoms with van der Waals surface area (Å²) in [6.07, 6.45) is 0.248. The number of nitrogens with one attached hydrogen (secondary N) is 1. The zero-order chi connectivity index (χ0) is 11.1. The van der Waals surface area contributed by atoms with E-state index in [1.165, 1.54) is 5.56 Å². The van der Waals surface area contributed by atoms with Crippen LogP contribution in [0.5, 0.6) is 5.75 Å². The van der Waals surface area contributed by atoms with Crippen molar-refractivity contribution in [2.24, 2.45) is 5.73 Å². The maximum absolute atomic E-state index is 10.5. The van der Waals surface area contributed by atoms with Crippen molar-refractivity contribution < 1.29 is 9.53 Å². The third kappa shape index (κ3) is 4.46. The minimum atomic E-state index is -0.346. The molecule has 0 saturated heterocycles. The van der Waals surface area contributed by atoms with Gasteiger partial charge >= 0.3 is 0 Å². The molecule has 82 valence electrons. The summed E-state index contributed by atoms with van der Waals surface area (Å²) in [6, 6.07) is 7.73. The molecule has 0 unspecified atom stereocenters. The van der Waals surface area contributed by atoms with Crippen LogP contribution in [-0.4, -0.2) is 19.6 Å². The lowest BCUT2D eigenvalue weighted by molar-refractivity contribution is -0.118. The molecule has 15 heavy (non-hydrogen) atoms. The first-order chi connectivity index (χ1) is 7.22. The summed E-state index contributed by atoms with van der Waals surface area (Å²) in [5, 5.41) is 3.06. The van der Waals surface area contributed by atoms with E-state index < -0.39 is 0 Å². The fraction of sp³-hybridized carbons (Fsp3) is 0.364. The van der Waals surface area contributed by atoms with Gasteiger partial charge in [-0.15, -0.1) is 0 Å². The predicted molar refractivity (Wildman–Crippen MR) is 58.5 cm³/mol. The summed E-state index contributed by atoms with van der Waals surface area (Å²) in [6.45, 7) is 1.17. The normalized spacial score (nSPS) is 9.93. The minimum Gasteiger partial charge on any atom is -0.493 e. The van der Waals surface area contributed by atoms with E-state index in [0.717, 1.165) is 12.3 Å². The zero-order valence-electron chi connectivity index (χ0n) is 8.82. The van der Waals surface area contributed by atoms with Gasteiger partial charge in [-0.25, -0.2) is 0 Å². The van der Waals surface area contributed by atoms with Crippen molar-refractivity contribution in [3.05, 3.63) is 29.8 Å². The molecule has 0 aliphatic heterocycles. The predicted octanol–water partition coefficient (Wildman–Crippen LogP) is 0.660. The number of carbonyl (C=O) groups is 1. The fourth-order valence-electron chi connectivity index (χ4n) is 1.18. The summed E-state index contributed by atoms with van der Waals surface area (Å²) < 4.78 is 5.33. The van der Waals surface area contributed by atoms with Crippen LogP contribution in [0.15, 0.2) is 24.3 Å². The summed E-state index contributed by atoms with van der Waals surface area (Å²) in [4.78, 5) is 10.5. The van der Waals surface area contributed by atoms with Gasteiger partial charge in [0.1, 0.15) is 5.75 Å². The van der Waals surface area contributed by atoms with Crippen LogP contribution in [0.25, 0.3) is 0 Å². The average Bonchev–Trinajstić information content (AvgIpc) is 2.20.